The highest BCUT2D eigenvalue weighted by Crippen LogP contribution is 2.07. The molecule has 5 heteroatoms. The molecule has 1 aromatic heterocycles. The molecule has 0 aliphatic carbocycles. The van der Waals surface area contributed by atoms with Crippen LogP contribution in [0.2, 0.25) is 0 Å². The van der Waals surface area contributed by atoms with E-state index in [0.717, 1.165) is 18.9 Å². The number of nitrogens with one attached hydrogen (secondary N) is 2. The molecule has 0 amide bonds. The zero-order chi connectivity index (χ0) is 8.93. The molecule has 1 atom stereocenters. The van der Waals surface area contributed by atoms with Crippen molar-refractivity contribution in [1.82, 2.24) is 15.3 Å². The van der Waals surface area contributed by atoms with Crippen molar-refractivity contribution in [2.45, 2.75) is 18.9 Å². The first-order valence-corrected chi connectivity index (χ1v) is 4.68. The third-order valence-corrected chi connectivity index (χ3v) is 2.21. The standard InChI is InChI=1S/C9H14N4.ClH/c1-2-8(6-10-3-1)13-9-7-11-4-5-12-9;/h4-5,7-8,10H,1-3,6H2,(H,12,13);1H/t8-;/m0./s1. The van der Waals surface area contributed by atoms with E-state index in [1.165, 1.54) is 12.8 Å². The van der Waals surface area contributed by atoms with Crippen LogP contribution in [0.1, 0.15) is 12.8 Å². The van der Waals surface area contributed by atoms with Gasteiger partial charge in [-0.3, -0.25) is 4.98 Å². The van der Waals surface area contributed by atoms with Crippen LogP contribution in [0.25, 0.3) is 0 Å². The molecule has 0 bridgehead atoms. The minimum absolute atomic E-state index is 0. The molecule has 78 valence electrons. The number of halogens is 1. The zero-order valence-corrected chi connectivity index (χ0v) is 8.76. The van der Waals surface area contributed by atoms with E-state index in [1.807, 2.05) is 0 Å². The molecule has 0 saturated carbocycles. The second-order valence-corrected chi connectivity index (χ2v) is 3.28. The van der Waals surface area contributed by atoms with Crippen LogP contribution in [0, 0.1) is 0 Å². The van der Waals surface area contributed by atoms with Gasteiger partial charge in [-0.2, -0.15) is 0 Å². The maximum absolute atomic E-state index is 4.17. The van der Waals surface area contributed by atoms with E-state index >= 15 is 0 Å². The first-order chi connectivity index (χ1) is 6.45. The Labute approximate surface area is 89.9 Å². The van der Waals surface area contributed by atoms with E-state index in [1.54, 1.807) is 18.6 Å². The van der Waals surface area contributed by atoms with Crippen LogP contribution >= 0.6 is 12.4 Å². The number of aromatic nitrogens is 2. The van der Waals surface area contributed by atoms with Crippen molar-refractivity contribution in [3.05, 3.63) is 18.6 Å². The fourth-order valence-electron chi connectivity index (χ4n) is 1.56. The number of rotatable bonds is 2. The Bertz CT molecular complexity index is 248. The molecule has 0 radical (unpaired) electrons. The third-order valence-electron chi connectivity index (χ3n) is 2.21. The summed E-state index contributed by atoms with van der Waals surface area (Å²) in [7, 11) is 0. The number of nitrogens with zero attached hydrogens (tertiary/aromatic N) is 2. The molecule has 2 heterocycles. The van der Waals surface area contributed by atoms with E-state index in [4.69, 9.17) is 0 Å². The van der Waals surface area contributed by atoms with Crippen LogP contribution in [0.15, 0.2) is 18.6 Å². The average Bonchev–Trinajstić information content (AvgIpc) is 2.21. The lowest BCUT2D eigenvalue weighted by Crippen LogP contribution is -2.38. The summed E-state index contributed by atoms with van der Waals surface area (Å²) in [6, 6.07) is 0.505. The van der Waals surface area contributed by atoms with Gasteiger partial charge in [0.25, 0.3) is 0 Å². The molecule has 1 aromatic rings. The van der Waals surface area contributed by atoms with Crippen molar-refractivity contribution in [1.29, 1.82) is 0 Å². The summed E-state index contributed by atoms with van der Waals surface area (Å²) >= 11 is 0. The van der Waals surface area contributed by atoms with Gasteiger partial charge in [-0.05, 0) is 19.4 Å². The van der Waals surface area contributed by atoms with Gasteiger partial charge < -0.3 is 10.6 Å². The molecule has 0 aromatic carbocycles. The smallest absolute Gasteiger partial charge is 0.144 e. The molecule has 1 fully saturated rings. The molecule has 1 aliphatic rings. The Morgan fingerprint density at radius 2 is 2.36 bits per heavy atom. The number of hydrogen-bond donors (Lipinski definition) is 2. The summed E-state index contributed by atoms with van der Waals surface area (Å²) in [5.74, 6) is 0.871. The lowest BCUT2D eigenvalue weighted by molar-refractivity contribution is 0.479. The quantitative estimate of drug-likeness (QED) is 0.773. The predicted molar refractivity (Wildman–Crippen MR) is 58.8 cm³/mol. The van der Waals surface area contributed by atoms with Crippen LogP contribution in [-0.2, 0) is 0 Å². The maximum atomic E-state index is 4.17. The van der Waals surface area contributed by atoms with E-state index in [0.29, 0.717) is 6.04 Å². The third kappa shape index (κ3) is 3.12. The van der Waals surface area contributed by atoms with Gasteiger partial charge in [-0.15, -0.1) is 12.4 Å². The highest BCUT2D eigenvalue weighted by molar-refractivity contribution is 5.85. The zero-order valence-electron chi connectivity index (χ0n) is 7.94. The minimum atomic E-state index is 0. The molecule has 0 unspecified atom stereocenters. The van der Waals surface area contributed by atoms with Crippen molar-refractivity contribution in [3.63, 3.8) is 0 Å². The first kappa shape index (κ1) is 11.2. The predicted octanol–water partition coefficient (Wildman–Crippen LogP) is 1.06. The molecular formula is C9H15ClN4. The number of hydrogen-bond acceptors (Lipinski definition) is 4. The van der Waals surface area contributed by atoms with Crippen molar-refractivity contribution in [2.24, 2.45) is 0 Å². The van der Waals surface area contributed by atoms with Gasteiger partial charge in [0, 0.05) is 25.0 Å². The van der Waals surface area contributed by atoms with Gasteiger partial charge >= 0.3 is 0 Å². The summed E-state index contributed by atoms with van der Waals surface area (Å²) in [5.41, 5.74) is 0. The average molecular weight is 215 g/mol. The van der Waals surface area contributed by atoms with Crippen LogP contribution < -0.4 is 10.6 Å². The van der Waals surface area contributed by atoms with Crippen molar-refractivity contribution in [3.8, 4) is 0 Å². The van der Waals surface area contributed by atoms with E-state index in [2.05, 4.69) is 20.6 Å². The summed E-state index contributed by atoms with van der Waals surface area (Å²) in [6.45, 7) is 2.16. The molecular weight excluding hydrogens is 200 g/mol. The highest BCUT2D eigenvalue weighted by Gasteiger charge is 2.12. The monoisotopic (exact) mass is 214 g/mol. The van der Waals surface area contributed by atoms with Gasteiger partial charge in [-0.25, -0.2) is 4.98 Å². The van der Waals surface area contributed by atoms with Gasteiger partial charge in [0.1, 0.15) is 5.82 Å². The first-order valence-electron chi connectivity index (χ1n) is 4.68. The molecule has 1 saturated heterocycles. The normalized spacial score (nSPS) is 21.0. The van der Waals surface area contributed by atoms with Gasteiger partial charge in [0.15, 0.2) is 0 Å². The van der Waals surface area contributed by atoms with Gasteiger partial charge in [-0.1, -0.05) is 0 Å². The highest BCUT2D eigenvalue weighted by atomic mass is 35.5. The van der Waals surface area contributed by atoms with Crippen LogP contribution in [0.4, 0.5) is 5.82 Å². The van der Waals surface area contributed by atoms with Gasteiger partial charge in [0.2, 0.25) is 0 Å². The molecule has 1 aliphatic heterocycles. The summed E-state index contributed by atoms with van der Waals surface area (Å²) < 4.78 is 0. The molecule has 0 spiro atoms. The number of anilines is 1. The van der Waals surface area contributed by atoms with Crippen molar-refractivity contribution in [2.75, 3.05) is 18.4 Å². The molecule has 2 N–H and O–H groups in total. The summed E-state index contributed by atoms with van der Waals surface area (Å²) in [5, 5.41) is 6.69. The van der Waals surface area contributed by atoms with E-state index < -0.39 is 0 Å². The Balaban J connectivity index is 0.000000980. The van der Waals surface area contributed by atoms with E-state index in [9.17, 15) is 0 Å². The second kappa shape index (κ2) is 5.78. The maximum Gasteiger partial charge on any atom is 0.144 e. The van der Waals surface area contributed by atoms with Crippen LogP contribution in [-0.4, -0.2) is 29.1 Å². The molecule has 4 nitrogen and oxygen atoms in total. The Hall–Kier alpha value is -0.870. The van der Waals surface area contributed by atoms with E-state index in [-0.39, 0.29) is 12.4 Å². The Morgan fingerprint density at radius 1 is 1.43 bits per heavy atom. The fraction of sp³-hybridized carbons (Fsp3) is 0.556. The second-order valence-electron chi connectivity index (χ2n) is 3.28. The van der Waals surface area contributed by atoms with Crippen molar-refractivity contribution >= 4 is 18.2 Å². The van der Waals surface area contributed by atoms with Gasteiger partial charge in [0.05, 0.1) is 6.20 Å². The molecule has 14 heavy (non-hydrogen) atoms. The fourth-order valence-corrected chi connectivity index (χ4v) is 1.56. The minimum Gasteiger partial charge on any atom is -0.365 e. The van der Waals surface area contributed by atoms with Crippen LogP contribution in [0.3, 0.4) is 0 Å². The lowest BCUT2D eigenvalue weighted by atomic mass is 10.1. The SMILES string of the molecule is Cl.c1cnc(N[C@H]2CCCNC2)cn1. The summed E-state index contributed by atoms with van der Waals surface area (Å²) in [4.78, 5) is 8.18. The molecule has 2 rings (SSSR count). The van der Waals surface area contributed by atoms with Crippen molar-refractivity contribution < 1.29 is 0 Å². The summed E-state index contributed by atoms with van der Waals surface area (Å²) in [6.07, 6.45) is 7.60. The number of piperidine rings is 1. The largest absolute Gasteiger partial charge is 0.365 e. The Morgan fingerprint density at radius 3 is 3.00 bits per heavy atom. The van der Waals surface area contributed by atoms with Crippen LogP contribution in [0.5, 0.6) is 0 Å². The topological polar surface area (TPSA) is 49.8 Å². The Kier molecular flexibility index (Phi) is 4.62. The lowest BCUT2D eigenvalue weighted by Gasteiger charge is -2.23.